The van der Waals surface area contributed by atoms with E-state index in [9.17, 15) is 9.59 Å². The Morgan fingerprint density at radius 2 is 1.75 bits per heavy atom. The summed E-state index contributed by atoms with van der Waals surface area (Å²) in [5, 5.41) is 1.18. The van der Waals surface area contributed by atoms with Gasteiger partial charge in [0.25, 0.3) is 5.56 Å². The number of benzene rings is 2. The number of carbonyl (C=O) groups excluding carboxylic acids is 1. The van der Waals surface area contributed by atoms with Crippen molar-refractivity contribution in [2.75, 3.05) is 4.90 Å². The molecule has 0 aliphatic carbocycles. The first-order valence-corrected chi connectivity index (χ1v) is 11.5. The van der Waals surface area contributed by atoms with Crippen LogP contribution in [0.3, 0.4) is 0 Å². The Labute approximate surface area is 190 Å². The van der Waals surface area contributed by atoms with Crippen LogP contribution in [0.5, 0.6) is 0 Å². The Bertz CT molecular complexity index is 1450. The molecule has 2 aromatic heterocycles. The smallest absolute Gasteiger partial charge is 0.270 e. The Balaban J connectivity index is 1.91. The molecular weight excluding hydrogens is 418 g/mol. The quantitative estimate of drug-likeness (QED) is 0.444. The Morgan fingerprint density at radius 3 is 2.44 bits per heavy atom. The molecule has 0 unspecified atom stereocenters. The molecule has 0 saturated carbocycles. The average Bonchev–Trinajstić information content (AvgIpc) is 3.11. The summed E-state index contributed by atoms with van der Waals surface area (Å²) >= 11 is 1.40. The van der Waals surface area contributed by atoms with Crippen LogP contribution in [0.25, 0.3) is 23.2 Å². The molecule has 4 aromatic rings. The molecule has 1 amide bonds. The summed E-state index contributed by atoms with van der Waals surface area (Å²) in [6.45, 7) is 6.96. The lowest BCUT2D eigenvalue weighted by Gasteiger charge is -2.15. The van der Waals surface area contributed by atoms with Gasteiger partial charge in [0.2, 0.25) is 17.1 Å². The maximum absolute atomic E-state index is 13.1. The van der Waals surface area contributed by atoms with Gasteiger partial charge in [0, 0.05) is 49.0 Å². The predicted molar refractivity (Wildman–Crippen MR) is 131 cm³/mol. The first kappa shape index (κ1) is 21.7. The van der Waals surface area contributed by atoms with Gasteiger partial charge in [-0.3, -0.25) is 19.1 Å². The highest BCUT2D eigenvalue weighted by Crippen LogP contribution is 2.14. The SMILES string of the molecule is CCn1c(=Cc2ccc3ccccc3[n+]2CC)sc(=CN(C(C)=O)c2ccccc2)c1=O. The van der Waals surface area contributed by atoms with Gasteiger partial charge >= 0.3 is 0 Å². The summed E-state index contributed by atoms with van der Waals surface area (Å²) in [4.78, 5) is 27.0. The number of fused-ring (bicyclic) bond motifs is 1. The lowest BCUT2D eigenvalue weighted by atomic mass is 10.2. The van der Waals surface area contributed by atoms with Gasteiger partial charge in [0.05, 0.1) is 0 Å². The van der Waals surface area contributed by atoms with Crippen LogP contribution in [0.2, 0.25) is 0 Å². The summed E-state index contributed by atoms with van der Waals surface area (Å²) < 4.78 is 5.39. The van der Waals surface area contributed by atoms with Crippen molar-refractivity contribution in [3.05, 3.63) is 92.0 Å². The molecule has 162 valence electrons. The fourth-order valence-electron chi connectivity index (χ4n) is 3.87. The summed E-state index contributed by atoms with van der Waals surface area (Å²) in [5.74, 6) is -0.143. The minimum atomic E-state index is -0.143. The summed E-state index contributed by atoms with van der Waals surface area (Å²) in [6.07, 6.45) is 3.71. The molecule has 0 saturated heterocycles. The maximum atomic E-state index is 13.1. The molecule has 0 fully saturated rings. The van der Waals surface area contributed by atoms with Crippen LogP contribution in [-0.4, -0.2) is 10.5 Å². The molecular formula is C26H26N3O2S+. The van der Waals surface area contributed by atoms with Gasteiger partial charge in [-0.2, -0.15) is 4.57 Å². The normalized spacial score (nSPS) is 12.5. The van der Waals surface area contributed by atoms with Crippen molar-refractivity contribution < 1.29 is 9.36 Å². The van der Waals surface area contributed by atoms with Crippen LogP contribution in [0.15, 0.2) is 71.5 Å². The maximum Gasteiger partial charge on any atom is 0.270 e. The van der Waals surface area contributed by atoms with Gasteiger partial charge in [0.1, 0.15) is 15.7 Å². The molecule has 0 N–H and O–H groups in total. The third kappa shape index (κ3) is 4.14. The van der Waals surface area contributed by atoms with E-state index in [1.807, 2.05) is 49.4 Å². The van der Waals surface area contributed by atoms with Gasteiger partial charge in [-0.05, 0) is 38.1 Å². The molecule has 6 heteroatoms. The topological polar surface area (TPSA) is 46.2 Å². The summed E-state index contributed by atoms with van der Waals surface area (Å²) in [5.41, 5.74) is 2.84. The van der Waals surface area contributed by atoms with E-state index in [-0.39, 0.29) is 11.5 Å². The van der Waals surface area contributed by atoms with Gasteiger partial charge in [0.15, 0.2) is 0 Å². The molecule has 32 heavy (non-hydrogen) atoms. The number of thiazole rings is 1. The first-order valence-electron chi connectivity index (χ1n) is 10.7. The molecule has 2 heterocycles. The Hall–Kier alpha value is -3.51. The fraction of sp³-hybridized carbons (Fsp3) is 0.192. The molecule has 0 atom stereocenters. The van der Waals surface area contributed by atoms with Crippen molar-refractivity contribution in [1.29, 1.82) is 0 Å². The number of nitrogens with zero attached hydrogens (tertiary/aromatic N) is 3. The number of aromatic nitrogens is 2. The van der Waals surface area contributed by atoms with Crippen molar-refractivity contribution in [1.82, 2.24) is 4.57 Å². The van der Waals surface area contributed by atoms with Gasteiger partial charge in [-0.25, -0.2) is 0 Å². The molecule has 0 spiro atoms. The number of anilines is 1. The minimum absolute atomic E-state index is 0.0882. The monoisotopic (exact) mass is 444 g/mol. The highest BCUT2D eigenvalue weighted by atomic mass is 32.1. The number of pyridine rings is 1. The molecule has 4 rings (SSSR count). The highest BCUT2D eigenvalue weighted by Gasteiger charge is 2.14. The van der Waals surface area contributed by atoms with Crippen LogP contribution < -0.4 is 24.2 Å². The van der Waals surface area contributed by atoms with Crippen LogP contribution in [-0.2, 0) is 17.9 Å². The molecule has 2 aromatic carbocycles. The van der Waals surface area contributed by atoms with E-state index < -0.39 is 0 Å². The zero-order valence-electron chi connectivity index (χ0n) is 18.5. The standard InChI is InChI=1S/C26H26N3O2S/c1-4-27-22(16-15-20-11-9-10-14-23(20)27)17-25-28(5-2)26(31)24(32-25)18-29(19(3)30)21-12-7-6-8-13-21/h6-18H,4-5H2,1-3H3/q+1. The van der Waals surface area contributed by atoms with Gasteiger partial charge < -0.3 is 0 Å². The Morgan fingerprint density at radius 1 is 1.03 bits per heavy atom. The number of aryl methyl sites for hydroxylation is 1. The minimum Gasteiger partial charge on any atom is -0.299 e. The van der Waals surface area contributed by atoms with E-state index in [2.05, 4.69) is 41.8 Å². The number of rotatable bonds is 5. The van der Waals surface area contributed by atoms with Crippen LogP contribution in [0.4, 0.5) is 5.69 Å². The van der Waals surface area contributed by atoms with Crippen LogP contribution >= 0.6 is 11.3 Å². The van der Waals surface area contributed by atoms with Gasteiger partial charge in [-0.15, -0.1) is 11.3 Å². The molecule has 0 bridgehead atoms. The second kappa shape index (κ2) is 9.32. The number of carbonyl (C=O) groups is 1. The third-order valence-electron chi connectivity index (χ3n) is 5.43. The van der Waals surface area contributed by atoms with Crippen LogP contribution in [0, 0.1) is 0 Å². The second-order valence-corrected chi connectivity index (χ2v) is 8.48. The van der Waals surface area contributed by atoms with Crippen molar-refractivity contribution in [3.63, 3.8) is 0 Å². The van der Waals surface area contributed by atoms with Crippen LogP contribution in [0.1, 0.15) is 26.5 Å². The largest absolute Gasteiger partial charge is 0.299 e. The third-order valence-corrected chi connectivity index (χ3v) is 6.48. The number of hydrogen-bond donors (Lipinski definition) is 0. The lowest BCUT2D eigenvalue weighted by molar-refractivity contribution is -0.669. The van der Waals surface area contributed by atoms with E-state index >= 15 is 0 Å². The van der Waals surface area contributed by atoms with Crippen molar-refractivity contribution in [2.45, 2.75) is 33.9 Å². The molecule has 0 aliphatic rings. The zero-order valence-corrected chi connectivity index (χ0v) is 19.3. The molecule has 5 nitrogen and oxygen atoms in total. The molecule has 0 radical (unpaired) electrons. The summed E-state index contributed by atoms with van der Waals surface area (Å²) in [6, 6.07) is 21.9. The van der Waals surface area contributed by atoms with Gasteiger partial charge in [-0.1, -0.05) is 30.3 Å². The predicted octanol–water partition coefficient (Wildman–Crippen LogP) is 3.01. The van der Waals surface area contributed by atoms with E-state index in [1.54, 1.807) is 10.8 Å². The van der Waals surface area contributed by atoms with E-state index in [0.717, 1.165) is 28.1 Å². The van der Waals surface area contributed by atoms with E-state index in [4.69, 9.17) is 0 Å². The highest BCUT2D eigenvalue weighted by molar-refractivity contribution is 7.07. The lowest BCUT2D eigenvalue weighted by Crippen LogP contribution is -2.38. The van der Waals surface area contributed by atoms with Crippen molar-refractivity contribution in [3.8, 4) is 0 Å². The summed E-state index contributed by atoms with van der Waals surface area (Å²) in [7, 11) is 0. The fourth-order valence-corrected chi connectivity index (χ4v) is 4.95. The van der Waals surface area contributed by atoms with E-state index in [0.29, 0.717) is 11.1 Å². The zero-order chi connectivity index (χ0) is 22.7. The number of para-hydroxylation sites is 2. The first-order chi connectivity index (χ1) is 15.5. The van der Waals surface area contributed by atoms with E-state index in [1.165, 1.54) is 28.5 Å². The number of amides is 1. The van der Waals surface area contributed by atoms with Crippen molar-refractivity contribution >= 4 is 46.1 Å². The van der Waals surface area contributed by atoms with Crippen molar-refractivity contribution in [2.24, 2.45) is 0 Å². The Kier molecular flexibility index (Phi) is 6.32. The number of hydrogen-bond acceptors (Lipinski definition) is 3. The molecule has 0 aliphatic heterocycles. The second-order valence-electron chi connectivity index (χ2n) is 7.41. The average molecular weight is 445 g/mol.